The smallest absolute Gasteiger partial charge is 0.254 e. The molecule has 0 saturated heterocycles. The van der Waals surface area contributed by atoms with Crippen molar-refractivity contribution in [3.8, 4) is 0 Å². The largest absolute Gasteiger partial charge is 0.345 e. The second-order valence-electron chi connectivity index (χ2n) is 4.77. The molecule has 106 valence electrons. The molecule has 0 atom stereocenters. The Balaban J connectivity index is 0.00000180. The van der Waals surface area contributed by atoms with E-state index in [0.717, 1.165) is 25.7 Å². The van der Waals surface area contributed by atoms with Crippen LogP contribution >= 0.6 is 28.3 Å². The van der Waals surface area contributed by atoms with Crippen molar-refractivity contribution < 1.29 is 9.18 Å². The molecule has 0 aromatic heterocycles. The van der Waals surface area contributed by atoms with E-state index in [9.17, 15) is 9.18 Å². The predicted molar refractivity (Wildman–Crippen MR) is 79.1 cm³/mol. The van der Waals surface area contributed by atoms with Crippen LogP contribution in [-0.2, 0) is 0 Å². The van der Waals surface area contributed by atoms with Gasteiger partial charge in [0.05, 0.1) is 11.1 Å². The summed E-state index contributed by atoms with van der Waals surface area (Å²) < 4.78 is 14.3. The minimum Gasteiger partial charge on any atom is -0.345 e. The zero-order chi connectivity index (χ0) is 13.2. The van der Waals surface area contributed by atoms with Gasteiger partial charge in [-0.05, 0) is 31.0 Å². The number of rotatable bonds is 3. The van der Waals surface area contributed by atoms with Gasteiger partial charge in [0, 0.05) is 11.0 Å². The van der Waals surface area contributed by atoms with Gasteiger partial charge in [-0.25, -0.2) is 4.39 Å². The molecule has 0 aliphatic heterocycles. The summed E-state index contributed by atoms with van der Waals surface area (Å²) in [6, 6.07) is 4.42. The van der Waals surface area contributed by atoms with E-state index in [1.807, 2.05) is 0 Å². The summed E-state index contributed by atoms with van der Waals surface area (Å²) in [6.07, 6.45) is 3.85. The van der Waals surface area contributed by atoms with E-state index in [4.69, 9.17) is 5.73 Å². The highest BCUT2D eigenvalue weighted by atomic mass is 79.9. The first-order valence-electron chi connectivity index (χ1n) is 6.04. The molecule has 6 heteroatoms. The van der Waals surface area contributed by atoms with Crippen molar-refractivity contribution in [2.24, 2.45) is 5.73 Å². The lowest BCUT2D eigenvalue weighted by Crippen LogP contribution is -2.51. The SMILES string of the molecule is Cl.NCC1(NC(=O)c2ccc(Br)cc2F)CCCC1. The summed E-state index contributed by atoms with van der Waals surface area (Å²) in [4.78, 5) is 12.1. The molecule has 3 N–H and O–H groups in total. The maximum absolute atomic E-state index is 13.7. The first-order valence-corrected chi connectivity index (χ1v) is 6.83. The number of amides is 1. The van der Waals surface area contributed by atoms with Gasteiger partial charge in [-0.3, -0.25) is 4.79 Å². The number of nitrogens with one attached hydrogen (secondary N) is 1. The molecule has 1 aliphatic rings. The number of carbonyl (C=O) groups is 1. The van der Waals surface area contributed by atoms with E-state index in [2.05, 4.69) is 21.2 Å². The van der Waals surface area contributed by atoms with Gasteiger partial charge in [0.15, 0.2) is 0 Å². The van der Waals surface area contributed by atoms with Crippen LogP contribution in [0.25, 0.3) is 0 Å². The third kappa shape index (κ3) is 3.68. The summed E-state index contributed by atoms with van der Waals surface area (Å²) in [7, 11) is 0. The Bertz CT molecular complexity index is 464. The van der Waals surface area contributed by atoms with Crippen LogP contribution in [0.3, 0.4) is 0 Å². The van der Waals surface area contributed by atoms with E-state index in [-0.39, 0.29) is 29.4 Å². The zero-order valence-corrected chi connectivity index (χ0v) is 12.8. The monoisotopic (exact) mass is 350 g/mol. The van der Waals surface area contributed by atoms with Crippen molar-refractivity contribution in [2.75, 3.05) is 6.54 Å². The highest BCUT2D eigenvalue weighted by Crippen LogP contribution is 2.29. The fourth-order valence-corrected chi connectivity index (χ4v) is 2.75. The first-order chi connectivity index (χ1) is 8.56. The Morgan fingerprint density at radius 2 is 2.05 bits per heavy atom. The molecular weight excluding hydrogens is 335 g/mol. The Labute approximate surface area is 126 Å². The van der Waals surface area contributed by atoms with Gasteiger partial charge in [0.2, 0.25) is 0 Å². The van der Waals surface area contributed by atoms with Gasteiger partial charge in [-0.2, -0.15) is 0 Å². The van der Waals surface area contributed by atoms with Crippen molar-refractivity contribution in [1.29, 1.82) is 0 Å². The van der Waals surface area contributed by atoms with Crippen molar-refractivity contribution in [3.05, 3.63) is 34.1 Å². The number of hydrogen-bond acceptors (Lipinski definition) is 2. The normalized spacial score (nSPS) is 16.8. The topological polar surface area (TPSA) is 55.1 Å². The van der Waals surface area contributed by atoms with E-state index in [1.54, 1.807) is 6.07 Å². The second-order valence-corrected chi connectivity index (χ2v) is 5.69. The molecule has 3 nitrogen and oxygen atoms in total. The molecule has 1 aromatic carbocycles. The number of nitrogens with two attached hydrogens (primary N) is 1. The van der Waals surface area contributed by atoms with Crippen molar-refractivity contribution in [1.82, 2.24) is 5.32 Å². The molecule has 1 saturated carbocycles. The zero-order valence-electron chi connectivity index (χ0n) is 10.4. The molecule has 0 radical (unpaired) electrons. The summed E-state index contributed by atoms with van der Waals surface area (Å²) in [5.41, 5.74) is 5.46. The number of hydrogen-bond donors (Lipinski definition) is 2. The molecule has 0 heterocycles. The molecule has 1 aromatic rings. The second kappa shape index (κ2) is 6.68. The predicted octanol–water partition coefficient (Wildman–Crippen LogP) is 3.01. The van der Waals surface area contributed by atoms with Crippen molar-refractivity contribution >= 4 is 34.2 Å². The maximum atomic E-state index is 13.7. The molecular formula is C13H17BrClFN2O. The van der Waals surface area contributed by atoms with Gasteiger partial charge in [0.25, 0.3) is 5.91 Å². The first kappa shape index (κ1) is 16.4. The van der Waals surface area contributed by atoms with E-state index >= 15 is 0 Å². The van der Waals surface area contributed by atoms with Crippen LogP contribution in [0.2, 0.25) is 0 Å². The average Bonchev–Trinajstić information content (AvgIpc) is 2.78. The minimum absolute atomic E-state index is 0. The summed E-state index contributed by atoms with van der Waals surface area (Å²) in [5.74, 6) is -0.903. The molecule has 0 unspecified atom stereocenters. The molecule has 1 aliphatic carbocycles. The Morgan fingerprint density at radius 1 is 1.42 bits per heavy atom. The third-order valence-corrected chi connectivity index (χ3v) is 4.00. The quantitative estimate of drug-likeness (QED) is 0.879. The fourth-order valence-electron chi connectivity index (χ4n) is 2.41. The molecule has 0 bridgehead atoms. The molecule has 1 amide bonds. The van der Waals surface area contributed by atoms with Crippen LogP contribution in [0.5, 0.6) is 0 Å². The number of carbonyl (C=O) groups excluding carboxylic acids is 1. The highest BCUT2D eigenvalue weighted by molar-refractivity contribution is 9.10. The number of benzene rings is 1. The van der Waals surface area contributed by atoms with Crippen molar-refractivity contribution in [3.63, 3.8) is 0 Å². The Kier molecular flexibility index (Phi) is 5.77. The third-order valence-electron chi connectivity index (χ3n) is 3.51. The van der Waals surface area contributed by atoms with E-state index in [0.29, 0.717) is 11.0 Å². The summed E-state index contributed by atoms with van der Waals surface area (Å²) in [6.45, 7) is 0.400. The summed E-state index contributed by atoms with van der Waals surface area (Å²) >= 11 is 3.17. The standard InChI is InChI=1S/C13H16BrFN2O.ClH/c14-9-3-4-10(11(15)7-9)12(18)17-13(8-16)5-1-2-6-13;/h3-4,7H,1-2,5-6,8,16H2,(H,17,18);1H. The maximum Gasteiger partial charge on any atom is 0.254 e. The lowest BCUT2D eigenvalue weighted by atomic mass is 9.97. The molecule has 2 rings (SSSR count). The molecule has 1 fully saturated rings. The van der Waals surface area contributed by atoms with Gasteiger partial charge in [0.1, 0.15) is 5.82 Å². The summed E-state index contributed by atoms with van der Waals surface area (Å²) in [5, 5.41) is 2.90. The van der Waals surface area contributed by atoms with E-state index in [1.165, 1.54) is 12.1 Å². The lowest BCUT2D eigenvalue weighted by molar-refractivity contribution is 0.0899. The van der Waals surface area contributed by atoms with Crippen molar-refractivity contribution in [2.45, 2.75) is 31.2 Å². The number of halogens is 3. The van der Waals surface area contributed by atoms with Gasteiger partial charge < -0.3 is 11.1 Å². The van der Waals surface area contributed by atoms with Gasteiger partial charge in [-0.1, -0.05) is 28.8 Å². The van der Waals surface area contributed by atoms with Crippen LogP contribution in [0.1, 0.15) is 36.0 Å². The Hall–Kier alpha value is -0.650. The highest BCUT2D eigenvalue weighted by Gasteiger charge is 2.34. The van der Waals surface area contributed by atoms with Crippen LogP contribution < -0.4 is 11.1 Å². The van der Waals surface area contributed by atoms with Crippen LogP contribution in [0, 0.1) is 5.82 Å². The average molecular weight is 352 g/mol. The van der Waals surface area contributed by atoms with Gasteiger partial charge in [-0.15, -0.1) is 12.4 Å². The molecule has 19 heavy (non-hydrogen) atoms. The fraction of sp³-hybridized carbons (Fsp3) is 0.462. The molecule has 0 spiro atoms. The Morgan fingerprint density at radius 3 is 2.58 bits per heavy atom. The lowest BCUT2D eigenvalue weighted by Gasteiger charge is -2.28. The van der Waals surface area contributed by atoms with Crippen LogP contribution in [-0.4, -0.2) is 18.0 Å². The van der Waals surface area contributed by atoms with Gasteiger partial charge >= 0.3 is 0 Å². The van der Waals surface area contributed by atoms with Crippen LogP contribution in [0.15, 0.2) is 22.7 Å². The van der Waals surface area contributed by atoms with Crippen LogP contribution in [0.4, 0.5) is 4.39 Å². The van der Waals surface area contributed by atoms with E-state index < -0.39 is 5.82 Å². The minimum atomic E-state index is -0.521.